The van der Waals surface area contributed by atoms with Crippen molar-refractivity contribution >= 4 is 23.5 Å². The van der Waals surface area contributed by atoms with Crippen LogP contribution >= 0.6 is 0 Å². The Morgan fingerprint density at radius 1 is 1.39 bits per heavy atom. The summed E-state index contributed by atoms with van der Waals surface area (Å²) in [6.07, 6.45) is 0.426. The second-order valence-corrected chi connectivity index (χ2v) is 4.89. The van der Waals surface area contributed by atoms with Crippen LogP contribution in [0.4, 0.5) is 5.69 Å². The van der Waals surface area contributed by atoms with Gasteiger partial charge in [0.05, 0.1) is 11.5 Å². The maximum absolute atomic E-state index is 11.9. The fourth-order valence-corrected chi connectivity index (χ4v) is 2.05. The lowest BCUT2D eigenvalue weighted by molar-refractivity contribution is -0.384. The van der Waals surface area contributed by atoms with Crippen molar-refractivity contribution in [3.8, 4) is 0 Å². The molecule has 1 aliphatic heterocycles. The number of carbonyl (C=O) groups is 3. The van der Waals surface area contributed by atoms with Gasteiger partial charge in [0.25, 0.3) is 11.6 Å². The third-order valence-electron chi connectivity index (χ3n) is 3.23. The third kappa shape index (κ3) is 4.50. The van der Waals surface area contributed by atoms with Gasteiger partial charge in [-0.15, -0.1) is 0 Å². The molecule has 0 aliphatic carbocycles. The summed E-state index contributed by atoms with van der Waals surface area (Å²) in [7, 11) is 0. The van der Waals surface area contributed by atoms with Gasteiger partial charge < -0.3 is 15.4 Å². The van der Waals surface area contributed by atoms with Crippen LogP contribution in [0, 0.1) is 10.1 Å². The second kappa shape index (κ2) is 7.34. The van der Waals surface area contributed by atoms with Gasteiger partial charge in [0, 0.05) is 37.1 Å². The first-order chi connectivity index (χ1) is 11.0. The zero-order chi connectivity index (χ0) is 16.8. The molecule has 1 aliphatic rings. The van der Waals surface area contributed by atoms with E-state index < -0.39 is 22.8 Å². The van der Waals surface area contributed by atoms with Crippen LogP contribution in [0.15, 0.2) is 24.3 Å². The van der Waals surface area contributed by atoms with Crippen molar-refractivity contribution < 1.29 is 24.0 Å². The maximum atomic E-state index is 11.9. The molecular weight excluding hydrogens is 306 g/mol. The van der Waals surface area contributed by atoms with E-state index in [1.54, 1.807) is 0 Å². The molecule has 1 aromatic carbocycles. The van der Waals surface area contributed by atoms with Gasteiger partial charge in [-0.2, -0.15) is 0 Å². The second-order valence-electron chi connectivity index (χ2n) is 4.89. The molecule has 0 aromatic heterocycles. The smallest absolute Gasteiger partial charge is 0.328 e. The van der Waals surface area contributed by atoms with E-state index in [1.165, 1.54) is 18.2 Å². The molecule has 23 heavy (non-hydrogen) atoms. The number of carbonyl (C=O) groups excluding carboxylic acids is 3. The van der Waals surface area contributed by atoms with Crippen LogP contribution in [0.3, 0.4) is 0 Å². The SMILES string of the molecule is O=C(CCNC(=O)c1cccc([N+](=O)[O-])c1)NC1CCOC1=O. The Labute approximate surface area is 131 Å². The molecule has 2 amide bonds. The van der Waals surface area contributed by atoms with Gasteiger partial charge >= 0.3 is 5.97 Å². The number of nitrogens with one attached hydrogen (secondary N) is 2. The van der Waals surface area contributed by atoms with Crippen molar-refractivity contribution in [3.63, 3.8) is 0 Å². The molecular formula is C14H15N3O6. The van der Waals surface area contributed by atoms with Gasteiger partial charge in [-0.05, 0) is 6.07 Å². The number of amides is 2. The molecule has 1 heterocycles. The number of rotatable bonds is 6. The first-order valence-electron chi connectivity index (χ1n) is 6.96. The summed E-state index contributed by atoms with van der Waals surface area (Å²) >= 11 is 0. The molecule has 1 aromatic rings. The van der Waals surface area contributed by atoms with Crippen LogP contribution in [-0.4, -0.2) is 41.9 Å². The average Bonchev–Trinajstić information content (AvgIpc) is 2.92. The molecule has 1 fully saturated rings. The van der Waals surface area contributed by atoms with Crippen LogP contribution in [0.2, 0.25) is 0 Å². The summed E-state index contributed by atoms with van der Waals surface area (Å²) in [5, 5.41) is 15.7. The van der Waals surface area contributed by atoms with Crippen LogP contribution in [-0.2, 0) is 14.3 Å². The fourth-order valence-electron chi connectivity index (χ4n) is 2.05. The third-order valence-corrected chi connectivity index (χ3v) is 3.23. The molecule has 1 saturated heterocycles. The van der Waals surface area contributed by atoms with Crippen molar-refractivity contribution in [3.05, 3.63) is 39.9 Å². The van der Waals surface area contributed by atoms with E-state index in [0.29, 0.717) is 6.42 Å². The minimum absolute atomic E-state index is 0.00948. The minimum atomic E-state index is -0.630. The molecule has 0 bridgehead atoms. The summed E-state index contributed by atoms with van der Waals surface area (Å²) in [4.78, 5) is 44.8. The highest BCUT2D eigenvalue weighted by Gasteiger charge is 2.27. The highest BCUT2D eigenvalue weighted by molar-refractivity contribution is 5.95. The van der Waals surface area contributed by atoms with Gasteiger partial charge in [0.15, 0.2) is 0 Å². The first-order valence-corrected chi connectivity index (χ1v) is 6.96. The Kier molecular flexibility index (Phi) is 5.23. The van der Waals surface area contributed by atoms with Gasteiger partial charge in [0.1, 0.15) is 6.04 Å². The minimum Gasteiger partial charge on any atom is -0.464 e. The van der Waals surface area contributed by atoms with E-state index in [0.717, 1.165) is 6.07 Å². The van der Waals surface area contributed by atoms with Gasteiger partial charge in [-0.1, -0.05) is 6.07 Å². The Hall–Kier alpha value is -2.97. The van der Waals surface area contributed by atoms with Crippen molar-refractivity contribution in [2.45, 2.75) is 18.9 Å². The quantitative estimate of drug-likeness (QED) is 0.436. The topological polar surface area (TPSA) is 128 Å². The Morgan fingerprint density at radius 3 is 2.83 bits per heavy atom. The van der Waals surface area contributed by atoms with Gasteiger partial charge in [0.2, 0.25) is 5.91 Å². The van der Waals surface area contributed by atoms with E-state index in [4.69, 9.17) is 4.74 Å². The highest BCUT2D eigenvalue weighted by atomic mass is 16.6. The molecule has 9 nitrogen and oxygen atoms in total. The zero-order valence-corrected chi connectivity index (χ0v) is 12.1. The molecule has 9 heteroatoms. The van der Waals surface area contributed by atoms with Crippen LogP contribution < -0.4 is 10.6 Å². The molecule has 2 N–H and O–H groups in total. The molecule has 0 radical (unpaired) electrons. The first kappa shape index (κ1) is 16.4. The maximum Gasteiger partial charge on any atom is 0.328 e. The summed E-state index contributed by atoms with van der Waals surface area (Å²) < 4.78 is 4.72. The number of hydrogen-bond donors (Lipinski definition) is 2. The highest BCUT2D eigenvalue weighted by Crippen LogP contribution is 2.12. The predicted octanol–water partition coefficient (Wildman–Crippen LogP) is 0.146. The number of nitrogens with zero attached hydrogens (tertiary/aromatic N) is 1. The van der Waals surface area contributed by atoms with Crippen molar-refractivity contribution in [1.29, 1.82) is 0 Å². The van der Waals surface area contributed by atoms with Gasteiger partial charge in [-0.3, -0.25) is 19.7 Å². The Bertz CT molecular complexity index is 645. The van der Waals surface area contributed by atoms with E-state index in [9.17, 15) is 24.5 Å². The monoisotopic (exact) mass is 321 g/mol. The van der Waals surface area contributed by atoms with Crippen LogP contribution in [0.5, 0.6) is 0 Å². The molecule has 1 atom stereocenters. The normalized spacial score (nSPS) is 16.5. The lowest BCUT2D eigenvalue weighted by atomic mass is 10.2. The Balaban J connectivity index is 1.78. The van der Waals surface area contributed by atoms with Crippen molar-refractivity contribution in [2.24, 2.45) is 0 Å². The summed E-state index contributed by atoms with van der Waals surface area (Å²) in [6, 6.07) is 4.66. The number of cyclic esters (lactones) is 1. The average molecular weight is 321 g/mol. The number of nitro groups is 1. The molecule has 1 unspecified atom stereocenters. The molecule has 0 spiro atoms. The Morgan fingerprint density at radius 2 is 2.17 bits per heavy atom. The van der Waals surface area contributed by atoms with E-state index >= 15 is 0 Å². The standard InChI is InChI=1S/C14H15N3O6/c18-12(16-11-5-7-23-14(11)20)4-6-15-13(19)9-2-1-3-10(8-9)17(21)22/h1-3,8,11H,4-7H2,(H,15,19)(H,16,18). The largest absolute Gasteiger partial charge is 0.464 e. The summed E-state index contributed by atoms with van der Waals surface area (Å²) in [5.74, 6) is -1.35. The number of esters is 1. The van der Waals surface area contributed by atoms with E-state index in [2.05, 4.69) is 10.6 Å². The molecule has 2 rings (SSSR count). The van der Waals surface area contributed by atoms with Crippen molar-refractivity contribution in [1.82, 2.24) is 10.6 Å². The van der Waals surface area contributed by atoms with Crippen molar-refractivity contribution in [2.75, 3.05) is 13.2 Å². The molecule has 0 saturated carbocycles. The van der Waals surface area contributed by atoms with Gasteiger partial charge in [-0.25, -0.2) is 4.79 Å². The zero-order valence-electron chi connectivity index (χ0n) is 12.1. The lowest BCUT2D eigenvalue weighted by Gasteiger charge is -2.09. The summed E-state index contributed by atoms with van der Waals surface area (Å²) in [5.41, 5.74) is -0.0471. The van der Waals surface area contributed by atoms with Crippen LogP contribution in [0.25, 0.3) is 0 Å². The number of benzene rings is 1. The van der Waals surface area contributed by atoms with E-state index in [1.807, 2.05) is 0 Å². The van der Waals surface area contributed by atoms with E-state index in [-0.39, 0.29) is 36.7 Å². The fraction of sp³-hybridized carbons (Fsp3) is 0.357. The lowest BCUT2D eigenvalue weighted by Crippen LogP contribution is -2.39. The van der Waals surface area contributed by atoms with Crippen LogP contribution in [0.1, 0.15) is 23.2 Å². The number of ether oxygens (including phenoxy) is 1. The number of non-ortho nitro benzene ring substituents is 1. The number of hydrogen-bond acceptors (Lipinski definition) is 6. The molecule has 122 valence electrons. The predicted molar refractivity (Wildman–Crippen MR) is 77.6 cm³/mol. The number of nitro benzene ring substituents is 1. The summed E-state index contributed by atoms with van der Waals surface area (Å²) in [6.45, 7) is 0.336.